The molecule has 0 bridgehead atoms. The van der Waals surface area contributed by atoms with Gasteiger partial charge < -0.3 is 39.8 Å². The molecule has 0 spiro atoms. The van der Waals surface area contributed by atoms with Crippen molar-refractivity contribution in [1.29, 1.82) is 0 Å². The molecule has 228 valence electrons. The molecule has 0 aliphatic rings. The summed E-state index contributed by atoms with van der Waals surface area (Å²) in [5, 5.41) is 9.93. The van der Waals surface area contributed by atoms with E-state index in [9.17, 15) is 14.4 Å². The first-order chi connectivity index (χ1) is 19.2. The van der Waals surface area contributed by atoms with Gasteiger partial charge >= 0.3 is 17.9 Å². The van der Waals surface area contributed by atoms with Gasteiger partial charge in [0.05, 0.1) is 42.7 Å². The fourth-order valence-corrected chi connectivity index (χ4v) is 2.18. The van der Waals surface area contributed by atoms with Crippen molar-refractivity contribution in [3.63, 3.8) is 0 Å². The Hall–Kier alpha value is -4.77. The zero-order valence-corrected chi connectivity index (χ0v) is 23.5. The monoisotopic (exact) mass is 580 g/mol. The number of methoxy groups -OCH3 is 5. The molecule has 4 N–H and O–H groups in total. The van der Waals surface area contributed by atoms with Gasteiger partial charge in [-0.2, -0.15) is 0 Å². The number of nitrogens with one attached hydrogen (secondary N) is 1. The van der Waals surface area contributed by atoms with Crippen molar-refractivity contribution in [2.24, 2.45) is 0 Å². The number of benzene rings is 2. The van der Waals surface area contributed by atoms with Gasteiger partial charge in [-0.3, -0.25) is 0 Å². The number of aliphatic hydroxyl groups excluding tert-OH is 1. The van der Waals surface area contributed by atoms with Crippen LogP contribution in [-0.2, 0) is 38.4 Å². The molecule has 0 aliphatic heterocycles. The molecule has 2 aromatic carbocycles. The minimum absolute atomic E-state index is 0. The van der Waals surface area contributed by atoms with E-state index in [1.54, 1.807) is 38.5 Å². The molecule has 41 heavy (non-hydrogen) atoms. The number of rotatable bonds is 8. The molecule has 0 radical (unpaired) electrons. The van der Waals surface area contributed by atoms with Crippen LogP contribution in [0.2, 0.25) is 0 Å². The van der Waals surface area contributed by atoms with E-state index >= 15 is 0 Å². The average Bonchev–Trinajstić information content (AvgIpc) is 3.00. The lowest BCUT2D eigenvalue weighted by Gasteiger charge is -2.10. The first-order valence-corrected chi connectivity index (χ1v) is 11.1. The Morgan fingerprint density at radius 1 is 0.829 bits per heavy atom. The molecule has 0 aliphatic carbocycles. The summed E-state index contributed by atoms with van der Waals surface area (Å²) in [6, 6.07) is 14.5. The highest BCUT2D eigenvalue weighted by Gasteiger charge is 2.10. The van der Waals surface area contributed by atoms with Crippen LogP contribution in [0.1, 0.15) is 7.43 Å². The second kappa shape index (κ2) is 26.8. The number of anilines is 2. The third-order valence-corrected chi connectivity index (χ3v) is 3.96. The van der Waals surface area contributed by atoms with E-state index in [-0.39, 0.29) is 19.7 Å². The van der Waals surface area contributed by atoms with Crippen LogP contribution in [0.4, 0.5) is 11.4 Å². The Bertz CT molecular complexity index is 1090. The summed E-state index contributed by atoms with van der Waals surface area (Å²) >= 11 is 0. The lowest BCUT2D eigenvalue weighted by Crippen LogP contribution is -2.14. The molecule has 0 atom stereocenters. The number of carbonyl (C=O) groups is 3. The Morgan fingerprint density at radius 2 is 1.34 bits per heavy atom. The SMILES string of the molecule is C.CO.COC(=O)C#CC(=O)OC.COOC/C=C(\Nc1cccc(OC)c1)C(=O)OC.COc1cccc(N)c1. The fraction of sp³-hybridized carbons (Fsp3) is 0.321. The smallest absolute Gasteiger partial charge is 0.384 e. The quantitative estimate of drug-likeness (QED) is 0.0479. The van der Waals surface area contributed by atoms with Gasteiger partial charge in [-0.25, -0.2) is 24.2 Å². The van der Waals surface area contributed by atoms with Crippen LogP contribution in [0.15, 0.2) is 60.3 Å². The first-order valence-electron chi connectivity index (χ1n) is 11.1. The number of hydrogen-bond donors (Lipinski definition) is 3. The predicted octanol–water partition coefficient (Wildman–Crippen LogP) is 2.60. The first kappa shape index (κ1) is 40.7. The normalized spacial score (nSPS) is 8.93. The summed E-state index contributed by atoms with van der Waals surface area (Å²) in [6.07, 6.45) is 1.52. The largest absolute Gasteiger partial charge is 0.497 e. The number of carbonyl (C=O) groups excluding carboxylic acids is 3. The summed E-state index contributed by atoms with van der Waals surface area (Å²) in [5.74, 6) is 3.26. The number of aliphatic hydroxyl groups is 1. The summed E-state index contributed by atoms with van der Waals surface area (Å²) in [7, 11) is 9.24. The zero-order chi connectivity index (χ0) is 30.8. The zero-order valence-electron chi connectivity index (χ0n) is 23.5. The minimum atomic E-state index is -0.759. The summed E-state index contributed by atoms with van der Waals surface area (Å²) in [6.45, 7) is 0.123. The van der Waals surface area contributed by atoms with Gasteiger partial charge in [0.1, 0.15) is 23.8 Å². The number of nitrogen functional groups attached to an aromatic ring is 1. The highest BCUT2D eigenvalue weighted by Crippen LogP contribution is 2.18. The van der Waals surface area contributed by atoms with Crippen LogP contribution in [0.5, 0.6) is 11.5 Å². The molecule has 13 nitrogen and oxygen atoms in total. The van der Waals surface area contributed by atoms with E-state index in [0.717, 1.165) is 18.5 Å². The average molecular weight is 581 g/mol. The minimum Gasteiger partial charge on any atom is -0.497 e. The van der Waals surface area contributed by atoms with Crippen LogP contribution in [0.25, 0.3) is 0 Å². The van der Waals surface area contributed by atoms with Crippen LogP contribution in [0, 0.1) is 11.8 Å². The van der Waals surface area contributed by atoms with Crippen molar-refractivity contribution in [3.05, 3.63) is 60.3 Å². The molecular formula is C28H40N2O11. The maximum atomic E-state index is 11.6. The van der Waals surface area contributed by atoms with Gasteiger partial charge in [0.25, 0.3) is 0 Å². The predicted molar refractivity (Wildman–Crippen MR) is 154 cm³/mol. The van der Waals surface area contributed by atoms with Crippen molar-refractivity contribution in [1.82, 2.24) is 0 Å². The molecule has 0 saturated carbocycles. The van der Waals surface area contributed by atoms with Gasteiger partial charge in [-0.15, -0.1) is 0 Å². The van der Waals surface area contributed by atoms with Gasteiger partial charge in [0.15, 0.2) is 0 Å². The third-order valence-electron chi connectivity index (χ3n) is 3.96. The van der Waals surface area contributed by atoms with E-state index < -0.39 is 17.9 Å². The summed E-state index contributed by atoms with van der Waals surface area (Å²) < 4.78 is 22.9. The standard InChI is InChI=1S/C13H17NO5.C7H9NO.C6H6O4.CH4O.CH4/c1-16-11-6-4-5-10(9-11)14-12(13(15)17-2)7-8-19-18-3;1-9-7-4-2-3-6(8)5-7;1-9-5(7)3-4-6(8)10-2;1-2;/h4-7,9,14H,8H2,1-3H3;2-5H,8H2,1H3;1-2H3;2H,1H3;1H4/b12-7-;;;;. The van der Waals surface area contributed by atoms with E-state index in [4.69, 9.17) is 25.2 Å². The van der Waals surface area contributed by atoms with Crippen molar-refractivity contribution < 1.29 is 52.9 Å². The molecular weight excluding hydrogens is 540 g/mol. The van der Waals surface area contributed by atoms with Crippen LogP contribution in [0.3, 0.4) is 0 Å². The van der Waals surface area contributed by atoms with Crippen molar-refractivity contribution in [3.8, 4) is 23.3 Å². The molecule has 0 saturated heterocycles. The van der Waals surface area contributed by atoms with Gasteiger partial charge in [0, 0.05) is 42.5 Å². The van der Waals surface area contributed by atoms with E-state index in [1.807, 2.05) is 36.1 Å². The molecule has 2 rings (SSSR count). The van der Waals surface area contributed by atoms with Crippen LogP contribution < -0.4 is 20.5 Å². The van der Waals surface area contributed by atoms with Gasteiger partial charge in [0.2, 0.25) is 0 Å². The molecule has 2 aromatic rings. The number of nitrogens with two attached hydrogens (primary N) is 1. The molecule has 0 heterocycles. The number of esters is 3. The van der Waals surface area contributed by atoms with Crippen molar-refractivity contribution >= 4 is 29.3 Å². The number of ether oxygens (including phenoxy) is 5. The number of hydrogen-bond acceptors (Lipinski definition) is 13. The maximum absolute atomic E-state index is 11.6. The lowest BCUT2D eigenvalue weighted by atomic mass is 10.3. The molecule has 13 heteroatoms. The molecule has 0 amide bonds. The Balaban J connectivity index is -0.000000555. The molecule has 0 fully saturated rings. The maximum Gasteiger partial charge on any atom is 0.384 e. The Kier molecular flexibility index (Phi) is 26.6. The van der Waals surface area contributed by atoms with Crippen LogP contribution >= 0.6 is 0 Å². The summed E-state index contributed by atoms with van der Waals surface area (Å²) in [5.41, 5.74) is 7.14. The summed E-state index contributed by atoms with van der Waals surface area (Å²) in [4.78, 5) is 41.2. The van der Waals surface area contributed by atoms with Crippen molar-refractivity contribution in [2.45, 2.75) is 7.43 Å². The molecule has 0 unspecified atom stereocenters. The van der Waals surface area contributed by atoms with E-state index in [1.165, 1.54) is 34.5 Å². The highest BCUT2D eigenvalue weighted by atomic mass is 17.2. The second-order valence-corrected chi connectivity index (χ2v) is 6.43. The van der Waals surface area contributed by atoms with Gasteiger partial charge in [-0.05, 0) is 30.3 Å². The highest BCUT2D eigenvalue weighted by molar-refractivity contribution is 5.98. The lowest BCUT2D eigenvalue weighted by molar-refractivity contribution is -0.263. The van der Waals surface area contributed by atoms with E-state index in [0.29, 0.717) is 11.4 Å². The Labute approximate surface area is 241 Å². The van der Waals surface area contributed by atoms with Crippen molar-refractivity contribution in [2.75, 3.05) is 67.4 Å². The van der Waals surface area contributed by atoms with Crippen LogP contribution in [-0.4, -0.2) is 79.4 Å². The Morgan fingerprint density at radius 3 is 1.76 bits per heavy atom. The fourth-order valence-electron chi connectivity index (χ4n) is 2.18. The van der Waals surface area contributed by atoms with E-state index in [2.05, 4.69) is 24.4 Å². The second-order valence-electron chi connectivity index (χ2n) is 6.43. The third kappa shape index (κ3) is 20.8. The topological polar surface area (TPSA) is 174 Å². The molecule has 0 aromatic heterocycles. The van der Waals surface area contributed by atoms with Gasteiger partial charge in [-0.1, -0.05) is 19.6 Å².